The number of amides is 2. The fourth-order valence-electron chi connectivity index (χ4n) is 3.17. The lowest BCUT2D eigenvalue weighted by Gasteiger charge is -2.34. The molecule has 6 nitrogen and oxygen atoms in total. The highest BCUT2D eigenvalue weighted by Gasteiger charge is 2.29. The van der Waals surface area contributed by atoms with Gasteiger partial charge < -0.3 is 10.2 Å². The number of aromatic nitrogens is 1. The lowest BCUT2D eigenvalue weighted by molar-refractivity contribution is -0.136. The van der Waals surface area contributed by atoms with Gasteiger partial charge in [0.25, 0.3) is 0 Å². The maximum Gasteiger partial charge on any atom is 0.239 e. The van der Waals surface area contributed by atoms with Crippen LogP contribution < -0.4 is 5.32 Å². The lowest BCUT2D eigenvalue weighted by Crippen LogP contribution is -2.44. The van der Waals surface area contributed by atoms with E-state index in [0.29, 0.717) is 6.54 Å². The molecule has 25 heavy (non-hydrogen) atoms. The van der Waals surface area contributed by atoms with Gasteiger partial charge in [0.2, 0.25) is 11.8 Å². The van der Waals surface area contributed by atoms with E-state index in [1.54, 1.807) is 25.4 Å². The van der Waals surface area contributed by atoms with Crippen molar-refractivity contribution >= 4 is 33.4 Å². The van der Waals surface area contributed by atoms with Crippen LogP contribution in [0.2, 0.25) is 0 Å². The van der Waals surface area contributed by atoms with Gasteiger partial charge in [-0.25, -0.2) is 4.98 Å². The monoisotopic (exact) mass is 360 g/mol. The van der Waals surface area contributed by atoms with Crippen LogP contribution in [0.15, 0.2) is 24.3 Å². The predicted octanol–water partition coefficient (Wildman–Crippen LogP) is 2.03. The second-order valence-corrected chi connectivity index (χ2v) is 7.49. The standard InChI is InChI=1S/C18H24N4O2S/c1-19-16(23)11-21(2)17(24)12-22-10-6-5-8-14(22)18-20-13-7-3-4-9-15(13)25-18/h3-4,7,9,14H,5-6,8,10-12H2,1-2H3,(H,19,23)/t14-/m1/s1. The second kappa shape index (κ2) is 7.93. The van der Waals surface area contributed by atoms with E-state index in [4.69, 9.17) is 4.98 Å². The van der Waals surface area contributed by atoms with Gasteiger partial charge in [-0.05, 0) is 31.5 Å². The van der Waals surface area contributed by atoms with Crippen LogP contribution in [0.1, 0.15) is 30.3 Å². The summed E-state index contributed by atoms with van der Waals surface area (Å²) in [4.78, 5) is 32.5. The Balaban J connectivity index is 1.72. The van der Waals surface area contributed by atoms with Crippen molar-refractivity contribution in [3.05, 3.63) is 29.3 Å². The molecule has 0 radical (unpaired) electrons. The predicted molar refractivity (Wildman–Crippen MR) is 99.5 cm³/mol. The van der Waals surface area contributed by atoms with Crippen LogP contribution in [0.25, 0.3) is 10.2 Å². The van der Waals surface area contributed by atoms with Crippen LogP contribution in [-0.4, -0.2) is 60.3 Å². The molecule has 134 valence electrons. The number of carbonyl (C=O) groups is 2. The Morgan fingerprint density at radius 1 is 1.36 bits per heavy atom. The number of rotatable bonds is 5. The highest BCUT2D eigenvalue weighted by atomic mass is 32.1. The normalized spacial score (nSPS) is 18.2. The highest BCUT2D eigenvalue weighted by Crippen LogP contribution is 2.35. The molecule has 0 saturated carbocycles. The van der Waals surface area contributed by atoms with Gasteiger partial charge in [0.05, 0.1) is 29.3 Å². The van der Waals surface area contributed by atoms with E-state index in [9.17, 15) is 9.59 Å². The average molecular weight is 360 g/mol. The van der Waals surface area contributed by atoms with Gasteiger partial charge in [-0.1, -0.05) is 18.6 Å². The minimum atomic E-state index is -0.155. The molecule has 0 aliphatic carbocycles. The van der Waals surface area contributed by atoms with E-state index < -0.39 is 0 Å². The molecule has 1 fully saturated rings. The lowest BCUT2D eigenvalue weighted by atomic mass is 10.0. The van der Waals surface area contributed by atoms with Crippen LogP contribution in [0.5, 0.6) is 0 Å². The van der Waals surface area contributed by atoms with Gasteiger partial charge >= 0.3 is 0 Å². The Bertz CT molecular complexity index is 727. The van der Waals surface area contributed by atoms with Crippen molar-refractivity contribution in [2.24, 2.45) is 0 Å². The molecular weight excluding hydrogens is 336 g/mol. The van der Waals surface area contributed by atoms with Crippen LogP contribution in [0.3, 0.4) is 0 Å². The number of piperidine rings is 1. The van der Waals surface area contributed by atoms with Crippen molar-refractivity contribution in [1.29, 1.82) is 0 Å². The number of nitrogens with one attached hydrogen (secondary N) is 1. The summed E-state index contributed by atoms with van der Waals surface area (Å²) >= 11 is 1.72. The van der Waals surface area contributed by atoms with E-state index in [1.807, 2.05) is 18.2 Å². The molecule has 0 bridgehead atoms. The molecule has 1 saturated heterocycles. The van der Waals surface area contributed by atoms with Gasteiger partial charge in [0.15, 0.2) is 0 Å². The summed E-state index contributed by atoms with van der Waals surface area (Å²) in [6.45, 7) is 1.31. The number of hydrogen-bond acceptors (Lipinski definition) is 5. The van der Waals surface area contributed by atoms with E-state index >= 15 is 0 Å². The van der Waals surface area contributed by atoms with Gasteiger partial charge in [-0.3, -0.25) is 14.5 Å². The van der Waals surface area contributed by atoms with E-state index in [0.717, 1.165) is 36.3 Å². The highest BCUT2D eigenvalue weighted by molar-refractivity contribution is 7.18. The van der Waals surface area contributed by atoms with Gasteiger partial charge in [0.1, 0.15) is 5.01 Å². The largest absolute Gasteiger partial charge is 0.358 e. The minimum absolute atomic E-state index is 0.0309. The molecular formula is C18H24N4O2S. The Kier molecular flexibility index (Phi) is 5.65. The average Bonchev–Trinajstić information content (AvgIpc) is 3.05. The Morgan fingerprint density at radius 3 is 2.92 bits per heavy atom. The first-order chi connectivity index (χ1) is 12.1. The zero-order chi connectivity index (χ0) is 17.8. The zero-order valence-electron chi connectivity index (χ0n) is 14.7. The first kappa shape index (κ1) is 17.8. The van der Waals surface area contributed by atoms with Crippen LogP contribution in [0, 0.1) is 0 Å². The first-order valence-corrected chi connectivity index (χ1v) is 9.44. The van der Waals surface area contributed by atoms with Crippen molar-refractivity contribution in [2.75, 3.05) is 33.7 Å². The number of para-hydroxylation sites is 1. The van der Waals surface area contributed by atoms with Gasteiger partial charge in [-0.15, -0.1) is 11.3 Å². The summed E-state index contributed by atoms with van der Waals surface area (Å²) in [5.41, 5.74) is 1.02. The van der Waals surface area contributed by atoms with Gasteiger partial charge in [-0.2, -0.15) is 0 Å². The number of likely N-dealkylation sites (N-methyl/N-ethyl adjacent to an activating group) is 2. The minimum Gasteiger partial charge on any atom is -0.358 e. The Morgan fingerprint density at radius 2 is 2.16 bits per heavy atom. The van der Waals surface area contributed by atoms with Crippen LogP contribution in [-0.2, 0) is 9.59 Å². The molecule has 1 aliphatic rings. The van der Waals surface area contributed by atoms with Crippen LogP contribution >= 0.6 is 11.3 Å². The molecule has 0 unspecified atom stereocenters. The van der Waals surface area contributed by atoms with Crippen molar-refractivity contribution in [2.45, 2.75) is 25.3 Å². The molecule has 1 aromatic heterocycles. The quantitative estimate of drug-likeness (QED) is 0.886. The maximum atomic E-state index is 12.5. The summed E-state index contributed by atoms with van der Waals surface area (Å²) in [7, 11) is 3.25. The number of fused-ring (bicyclic) bond motifs is 1. The fourth-order valence-corrected chi connectivity index (χ4v) is 4.31. The number of nitrogens with zero attached hydrogens (tertiary/aromatic N) is 3. The number of thiazole rings is 1. The topological polar surface area (TPSA) is 65.5 Å². The van der Waals surface area contributed by atoms with Crippen molar-refractivity contribution in [3.8, 4) is 0 Å². The molecule has 1 atom stereocenters. The summed E-state index contributed by atoms with van der Waals surface area (Å²) in [6.07, 6.45) is 3.26. The number of carbonyl (C=O) groups excluding carboxylic acids is 2. The summed E-state index contributed by atoms with van der Waals surface area (Å²) < 4.78 is 1.19. The van der Waals surface area contributed by atoms with Crippen molar-refractivity contribution < 1.29 is 9.59 Å². The summed E-state index contributed by atoms with van der Waals surface area (Å²) in [5, 5.41) is 3.63. The summed E-state index contributed by atoms with van der Waals surface area (Å²) in [6, 6.07) is 8.34. The third-order valence-electron chi connectivity index (χ3n) is 4.63. The van der Waals surface area contributed by atoms with Gasteiger partial charge in [0, 0.05) is 14.1 Å². The van der Waals surface area contributed by atoms with Crippen LogP contribution in [0.4, 0.5) is 0 Å². The fraction of sp³-hybridized carbons (Fsp3) is 0.500. The molecule has 1 aromatic carbocycles. The molecule has 1 N–H and O–H groups in total. The summed E-state index contributed by atoms with van der Waals surface area (Å²) in [5.74, 6) is -0.186. The molecule has 2 heterocycles. The molecule has 3 rings (SSSR count). The van der Waals surface area contributed by atoms with Crippen molar-refractivity contribution in [3.63, 3.8) is 0 Å². The third kappa shape index (κ3) is 4.16. The van der Waals surface area contributed by atoms with Crippen molar-refractivity contribution in [1.82, 2.24) is 20.1 Å². The first-order valence-electron chi connectivity index (χ1n) is 8.62. The SMILES string of the molecule is CNC(=O)CN(C)C(=O)CN1CCCC[C@@H]1c1nc2ccccc2s1. The maximum absolute atomic E-state index is 12.5. The molecule has 1 aliphatic heterocycles. The number of likely N-dealkylation sites (tertiary alicyclic amines) is 1. The van der Waals surface area contributed by atoms with E-state index in [1.165, 1.54) is 9.60 Å². The van der Waals surface area contributed by atoms with E-state index in [2.05, 4.69) is 16.3 Å². The Labute approximate surface area is 151 Å². The molecule has 2 amide bonds. The zero-order valence-corrected chi connectivity index (χ0v) is 15.5. The molecule has 7 heteroatoms. The molecule has 2 aromatic rings. The third-order valence-corrected chi connectivity index (χ3v) is 5.77. The number of benzene rings is 1. The Hall–Kier alpha value is -1.99. The second-order valence-electron chi connectivity index (χ2n) is 6.42. The molecule has 0 spiro atoms. The number of hydrogen-bond donors (Lipinski definition) is 1. The smallest absolute Gasteiger partial charge is 0.239 e. The van der Waals surface area contributed by atoms with E-state index in [-0.39, 0.29) is 24.4 Å².